The Labute approximate surface area is 154 Å². The minimum Gasteiger partial charge on any atom is -0.318 e. The van der Waals surface area contributed by atoms with E-state index in [0.717, 1.165) is 4.57 Å². The van der Waals surface area contributed by atoms with Gasteiger partial charge in [0.15, 0.2) is 11.6 Å². The molecule has 0 amide bonds. The fraction of sp³-hybridized carbons (Fsp3) is 0.438. The summed E-state index contributed by atoms with van der Waals surface area (Å²) in [6.45, 7) is -0.175. The van der Waals surface area contributed by atoms with Crippen molar-refractivity contribution >= 4 is 6.29 Å². The Kier molecular flexibility index (Phi) is 5.19. The fourth-order valence-electron chi connectivity index (χ4n) is 3.16. The van der Waals surface area contributed by atoms with Crippen LogP contribution >= 0.6 is 0 Å². The average Bonchev–Trinajstić information content (AvgIpc) is 3.03. The third-order valence-electron chi connectivity index (χ3n) is 4.45. The van der Waals surface area contributed by atoms with Gasteiger partial charge in [-0.2, -0.15) is 13.2 Å². The van der Waals surface area contributed by atoms with Gasteiger partial charge < -0.3 is 15.1 Å². The Balaban J connectivity index is 1.76. The number of carbonyl (C=O) groups excluding carboxylic acids is 1. The lowest BCUT2D eigenvalue weighted by Crippen LogP contribution is -2.54. The van der Waals surface area contributed by atoms with Gasteiger partial charge in [0.2, 0.25) is 5.82 Å². The molecule has 2 N–H and O–H groups in total. The quantitative estimate of drug-likeness (QED) is 0.464. The molecule has 0 radical (unpaired) electrons. The molecule has 28 heavy (non-hydrogen) atoms. The SMILES string of the molecule is NC(C=O)(Cc1cc(F)c(F)cc1F)CN1CCn2c(nnc2C(F)(F)F)C1. The lowest BCUT2D eigenvalue weighted by atomic mass is 9.92. The highest BCUT2D eigenvalue weighted by molar-refractivity contribution is 5.65. The summed E-state index contributed by atoms with van der Waals surface area (Å²) < 4.78 is 79.9. The van der Waals surface area contributed by atoms with Gasteiger partial charge in [-0.15, -0.1) is 10.2 Å². The number of benzene rings is 1. The van der Waals surface area contributed by atoms with E-state index in [4.69, 9.17) is 5.73 Å². The molecule has 6 nitrogen and oxygen atoms in total. The van der Waals surface area contributed by atoms with E-state index in [1.165, 1.54) is 0 Å². The van der Waals surface area contributed by atoms with Gasteiger partial charge in [0, 0.05) is 32.1 Å². The van der Waals surface area contributed by atoms with E-state index >= 15 is 0 Å². The first-order valence-corrected chi connectivity index (χ1v) is 8.13. The number of alkyl halides is 3. The number of fused-ring (bicyclic) bond motifs is 1. The summed E-state index contributed by atoms with van der Waals surface area (Å²) >= 11 is 0. The normalized spacial score (nSPS) is 17.2. The largest absolute Gasteiger partial charge is 0.451 e. The van der Waals surface area contributed by atoms with Gasteiger partial charge in [-0.05, 0) is 11.6 Å². The molecule has 0 aliphatic carbocycles. The molecule has 2 aromatic rings. The standard InChI is InChI=1S/C16H15F6N5O/c17-10-4-12(19)11(18)3-9(10)5-15(23,8-28)7-26-1-2-27-13(6-26)24-25-14(27)16(20,21)22/h3-4,8H,1-2,5-7,23H2. The maximum atomic E-state index is 13.9. The first kappa shape index (κ1) is 20.3. The van der Waals surface area contributed by atoms with Crippen LogP contribution < -0.4 is 5.73 Å². The van der Waals surface area contributed by atoms with Crippen molar-refractivity contribution in [2.75, 3.05) is 13.1 Å². The van der Waals surface area contributed by atoms with Crippen molar-refractivity contribution in [2.45, 2.75) is 31.2 Å². The predicted molar refractivity (Wildman–Crippen MR) is 83.3 cm³/mol. The highest BCUT2D eigenvalue weighted by atomic mass is 19.4. The minimum absolute atomic E-state index is 0.0471. The van der Waals surface area contributed by atoms with Crippen LogP contribution in [0.3, 0.4) is 0 Å². The summed E-state index contributed by atoms with van der Waals surface area (Å²) in [5, 5.41) is 6.67. The number of aldehydes is 1. The van der Waals surface area contributed by atoms with E-state index in [0.29, 0.717) is 18.4 Å². The van der Waals surface area contributed by atoms with E-state index in [9.17, 15) is 31.1 Å². The molecule has 0 saturated heterocycles. The number of hydrogen-bond donors (Lipinski definition) is 1. The third-order valence-corrected chi connectivity index (χ3v) is 4.45. The number of hydrogen-bond acceptors (Lipinski definition) is 5. The molecule has 0 bridgehead atoms. The van der Waals surface area contributed by atoms with Crippen LogP contribution in [0, 0.1) is 17.5 Å². The molecule has 12 heteroatoms. The summed E-state index contributed by atoms with van der Waals surface area (Å²) in [4.78, 5) is 13.1. The molecular weight excluding hydrogens is 392 g/mol. The zero-order valence-electron chi connectivity index (χ0n) is 14.3. The lowest BCUT2D eigenvalue weighted by molar-refractivity contribution is -0.148. The van der Waals surface area contributed by atoms with E-state index in [-0.39, 0.29) is 37.6 Å². The number of carbonyl (C=O) groups is 1. The topological polar surface area (TPSA) is 77.0 Å². The molecule has 152 valence electrons. The van der Waals surface area contributed by atoms with Gasteiger partial charge in [-0.25, -0.2) is 13.2 Å². The Morgan fingerprint density at radius 1 is 1.07 bits per heavy atom. The van der Waals surface area contributed by atoms with Crippen molar-refractivity contribution < 1.29 is 31.1 Å². The van der Waals surface area contributed by atoms with Crippen LogP contribution in [0.25, 0.3) is 0 Å². The Bertz CT molecular complexity index is 898. The molecule has 3 rings (SSSR count). The third kappa shape index (κ3) is 4.02. The number of nitrogens with zero attached hydrogens (tertiary/aromatic N) is 4. The Morgan fingerprint density at radius 3 is 2.39 bits per heavy atom. The van der Waals surface area contributed by atoms with Gasteiger partial charge in [0.25, 0.3) is 0 Å². The molecule has 1 unspecified atom stereocenters. The average molecular weight is 407 g/mol. The molecule has 1 aromatic heterocycles. The van der Waals surface area contributed by atoms with E-state index in [1.54, 1.807) is 4.90 Å². The monoisotopic (exact) mass is 407 g/mol. The molecule has 1 atom stereocenters. The molecule has 0 spiro atoms. The second-order valence-corrected chi connectivity index (χ2v) is 6.69. The molecule has 1 aromatic carbocycles. The van der Waals surface area contributed by atoms with E-state index in [2.05, 4.69) is 10.2 Å². The minimum atomic E-state index is -4.64. The van der Waals surface area contributed by atoms with Gasteiger partial charge >= 0.3 is 6.18 Å². The predicted octanol–water partition coefficient (Wildman–Crippen LogP) is 1.67. The lowest BCUT2D eigenvalue weighted by Gasteiger charge is -2.34. The van der Waals surface area contributed by atoms with Crippen LogP contribution in [0.4, 0.5) is 26.3 Å². The number of rotatable bonds is 5. The number of aromatic nitrogens is 3. The highest BCUT2D eigenvalue weighted by Gasteiger charge is 2.40. The first-order valence-electron chi connectivity index (χ1n) is 8.13. The molecule has 1 aliphatic heterocycles. The van der Waals surface area contributed by atoms with Crippen LogP contribution in [0.15, 0.2) is 12.1 Å². The highest BCUT2D eigenvalue weighted by Crippen LogP contribution is 2.29. The Hall–Kier alpha value is -2.47. The van der Waals surface area contributed by atoms with Crippen molar-refractivity contribution in [3.63, 3.8) is 0 Å². The molecule has 0 fully saturated rings. The summed E-state index contributed by atoms with van der Waals surface area (Å²) in [5.41, 5.74) is 4.05. The molecule has 1 aliphatic rings. The van der Waals surface area contributed by atoms with Crippen molar-refractivity contribution in [2.24, 2.45) is 5.73 Å². The fourth-order valence-corrected chi connectivity index (χ4v) is 3.16. The van der Waals surface area contributed by atoms with Crippen molar-refractivity contribution in [1.82, 2.24) is 19.7 Å². The molecular formula is C16H15F6N5O. The second kappa shape index (κ2) is 7.17. The van der Waals surface area contributed by atoms with Crippen LogP contribution in [0.1, 0.15) is 17.2 Å². The Morgan fingerprint density at radius 2 is 1.75 bits per heavy atom. The number of halogens is 6. The number of nitrogens with two attached hydrogens (primary N) is 1. The smallest absolute Gasteiger partial charge is 0.318 e. The van der Waals surface area contributed by atoms with Crippen molar-refractivity contribution in [3.05, 3.63) is 46.8 Å². The summed E-state index contributed by atoms with van der Waals surface area (Å²) in [6, 6.07) is 0.982. The van der Waals surface area contributed by atoms with Crippen LogP contribution in [-0.4, -0.2) is 44.6 Å². The van der Waals surface area contributed by atoms with Crippen molar-refractivity contribution in [3.8, 4) is 0 Å². The van der Waals surface area contributed by atoms with Crippen LogP contribution in [-0.2, 0) is 30.5 Å². The van der Waals surface area contributed by atoms with E-state index < -0.39 is 41.4 Å². The van der Waals surface area contributed by atoms with Crippen LogP contribution in [0.5, 0.6) is 0 Å². The molecule has 2 heterocycles. The second-order valence-electron chi connectivity index (χ2n) is 6.69. The van der Waals surface area contributed by atoms with Gasteiger partial charge in [-0.3, -0.25) is 4.90 Å². The van der Waals surface area contributed by atoms with E-state index in [1.807, 2.05) is 0 Å². The van der Waals surface area contributed by atoms with Gasteiger partial charge in [0.1, 0.15) is 17.9 Å². The molecule has 0 saturated carbocycles. The van der Waals surface area contributed by atoms with Gasteiger partial charge in [-0.1, -0.05) is 0 Å². The first-order chi connectivity index (χ1) is 13.0. The van der Waals surface area contributed by atoms with Crippen molar-refractivity contribution in [1.29, 1.82) is 0 Å². The zero-order valence-corrected chi connectivity index (χ0v) is 14.3. The van der Waals surface area contributed by atoms with Gasteiger partial charge in [0.05, 0.1) is 12.1 Å². The summed E-state index contributed by atoms with van der Waals surface area (Å²) in [5.74, 6) is -4.77. The maximum absolute atomic E-state index is 13.9. The van der Waals surface area contributed by atoms with Crippen LogP contribution in [0.2, 0.25) is 0 Å². The maximum Gasteiger partial charge on any atom is 0.451 e. The zero-order chi connectivity index (χ0) is 20.7. The summed E-state index contributed by atoms with van der Waals surface area (Å²) in [6.07, 6.45) is -4.71. The summed E-state index contributed by atoms with van der Waals surface area (Å²) in [7, 11) is 0.